The van der Waals surface area contributed by atoms with E-state index < -0.39 is 0 Å². The smallest absolute Gasteiger partial charge is 0.254 e. The van der Waals surface area contributed by atoms with Gasteiger partial charge in [-0.25, -0.2) is 0 Å². The number of amides is 1. The molecule has 4 rings (SSSR count). The van der Waals surface area contributed by atoms with E-state index in [2.05, 4.69) is 11.2 Å². The molecule has 0 N–H and O–H groups in total. The average molecular weight is 372 g/mol. The van der Waals surface area contributed by atoms with Crippen molar-refractivity contribution in [2.24, 2.45) is 0 Å². The van der Waals surface area contributed by atoms with Gasteiger partial charge >= 0.3 is 0 Å². The number of fused-ring (bicyclic) bond motifs is 1. The predicted molar refractivity (Wildman–Crippen MR) is 103 cm³/mol. The molecule has 140 valence electrons. The lowest BCUT2D eigenvalue weighted by molar-refractivity contribution is 0.0606. The van der Waals surface area contributed by atoms with Crippen molar-refractivity contribution >= 4 is 5.91 Å². The highest BCUT2D eigenvalue weighted by Crippen LogP contribution is 2.22. The molecule has 1 unspecified atom stereocenters. The van der Waals surface area contributed by atoms with Crippen LogP contribution in [0.2, 0.25) is 0 Å². The van der Waals surface area contributed by atoms with Gasteiger partial charge in [0.1, 0.15) is 18.1 Å². The van der Waals surface area contributed by atoms with Gasteiger partial charge in [-0.15, -0.1) is 0 Å². The summed E-state index contributed by atoms with van der Waals surface area (Å²) in [5.41, 5.74) is 2.84. The number of nitrogens with zero attached hydrogens (tertiary/aromatic N) is 4. The SMILES string of the molecule is CC1Cn2nc(COc3ccccc3)cc2CN1C(=O)c1cccc(C#N)c1. The minimum absolute atomic E-state index is 0.00790. The normalized spacial score (nSPS) is 15.6. The second kappa shape index (κ2) is 7.57. The molecule has 1 amide bonds. The van der Waals surface area contributed by atoms with Gasteiger partial charge in [0, 0.05) is 11.6 Å². The first-order valence-corrected chi connectivity index (χ1v) is 9.18. The summed E-state index contributed by atoms with van der Waals surface area (Å²) in [5.74, 6) is 0.732. The number of carbonyl (C=O) groups is 1. The van der Waals surface area contributed by atoms with Crippen molar-refractivity contribution in [2.75, 3.05) is 0 Å². The molecule has 0 saturated heterocycles. The van der Waals surface area contributed by atoms with Crippen LogP contribution in [0.5, 0.6) is 5.75 Å². The fourth-order valence-electron chi connectivity index (χ4n) is 3.38. The first-order valence-electron chi connectivity index (χ1n) is 9.18. The Kier molecular flexibility index (Phi) is 4.81. The molecule has 0 radical (unpaired) electrons. The molecule has 0 spiro atoms. The van der Waals surface area contributed by atoms with E-state index in [9.17, 15) is 4.79 Å². The minimum atomic E-state index is -0.0702. The Bertz CT molecular complexity index is 1040. The molecule has 2 aromatic carbocycles. The minimum Gasteiger partial charge on any atom is -0.487 e. The van der Waals surface area contributed by atoms with Gasteiger partial charge < -0.3 is 9.64 Å². The van der Waals surface area contributed by atoms with Crippen LogP contribution in [0.3, 0.4) is 0 Å². The highest BCUT2D eigenvalue weighted by molar-refractivity contribution is 5.94. The van der Waals surface area contributed by atoms with Crippen LogP contribution >= 0.6 is 0 Å². The third-order valence-electron chi connectivity index (χ3n) is 4.84. The molecule has 6 heteroatoms. The molecular weight excluding hydrogens is 352 g/mol. The van der Waals surface area contributed by atoms with Crippen LogP contribution in [0.25, 0.3) is 0 Å². The summed E-state index contributed by atoms with van der Waals surface area (Å²) in [6.45, 7) is 3.51. The third kappa shape index (κ3) is 3.60. The van der Waals surface area contributed by atoms with Crippen LogP contribution < -0.4 is 4.74 Å². The van der Waals surface area contributed by atoms with E-state index in [-0.39, 0.29) is 11.9 Å². The van der Waals surface area contributed by atoms with Crippen LogP contribution in [-0.4, -0.2) is 26.6 Å². The van der Waals surface area contributed by atoms with Gasteiger partial charge in [-0.3, -0.25) is 9.48 Å². The number of carbonyl (C=O) groups excluding carboxylic acids is 1. The topological polar surface area (TPSA) is 71.2 Å². The van der Waals surface area contributed by atoms with Crippen molar-refractivity contribution in [3.63, 3.8) is 0 Å². The van der Waals surface area contributed by atoms with E-state index >= 15 is 0 Å². The van der Waals surface area contributed by atoms with Crippen LogP contribution in [0, 0.1) is 11.3 Å². The number of aromatic nitrogens is 2. The van der Waals surface area contributed by atoms with E-state index in [1.54, 1.807) is 24.3 Å². The monoisotopic (exact) mass is 372 g/mol. The molecule has 0 saturated carbocycles. The Balaban J connectivity index is 1.49. The number of benzene rings is 2. The molecule has 0 bridgehead atoms. The molecule has 2 heterocycles. The van der Waals surface area contributed by atoms with Crippen molar-refractivity contribution < 1.29 is 9.53 Å². The first-order chi connectivity index (χ1) is 13.6. The quantitative estimate of drug-likeness (QED) is 0.704. The molecule has 1 aliphatic rings. The summed E-state index contributed by atoms with van der Waals surface area (Å²) in [4.78, 5) is 14.8. The van der Waals surface area contributed by atoms with Crippen LogP contribution in [-0.2, 0) is 19.7 Å². The van der Waals surface area contributed by atoms with Crippen molar-refractivity contribution in [3.8, 4) is 11.8 Å². The predicted octanol–water partition coefficient (Wildman–Crippen LogP) is 3.38. The van der Waals surface area contributed by atoms with Gasteiger partial charge in [-0.1, -0.05) is 24.3 Å². The highest BCUT2D eigenvalue weighted by atomic mass is 16.5. The van der Waals surface area contributed by atoms with Crippen LogP contribution in [0.1, 0.15) is 34.2 Å². The van der Waals surface area contributed by atoms with Crippen molar-refractivity contribution in [1.82, 2.24) is 14.7 Å². The van der Waals surface area contributed by atoms with E-state index in [0.717, 1.165) is 17.1 Å². The maximum atomic E-state index is 13.0. The van der Waals surface area contributed by atoms with Crippen molar-refractivity contribution in [1.29, 1.82) is 5.26 Å². The number of hydrogen-bond donors (Lipinski definition) is 0. The second-order valence-electron chi connectivity index (χ2n) is 6.89. The Hall–Kier alpha value is -3.59. The fourth-order valence-corrected chi connectivity index (χ4v) is 3.38. The highest BCUT2D eigenvalue weighted by Gasteiger charge is 2.29. The number of para-hydroxylation sites is 1. The molecule has 3 aromatic rings. The zero-order valence-corrected chi connectivity index (χ0v) is 15.6. The summed E-state index contributed by atoms with van der Waals surface area (Å²) in [6.07, 6.45) is 0. The van der Waals surface area contributed by atoms with Crippen LogP contribution in [0.4, 0.5) is 0 Å². The first kappa shape index (κ1) is 17.8. The number of hydrogen-bond acceptors (Lipinski definition) is 4. The number of rotatable bonds is 4. The second-order valence-corrected chi connectivity index (χ2v) is 6.89. The van der Waals surface area contributed by atoms with Gasteiger partial charge in [-0.05, 0) is 43.3 Å². The van der Waals surface area contributed by atoms with E-state index in [0.29, 0.717) is 30.8 Å². The fraction of sp³-hybridized carbons (Fsp3) is 0.227. The summed E-state index contributed by atoms with van der Waals surface area (Å²) < 4.78 is 7.73. The molecule has 1 aliphatic heterocycles. The van der Waals surface area contributed by atoms with Gasteiger partial charge in [0.05, 0.1) is 30.4 Å². The largest absolute Gasteiger partial charge is 0.487 e. The summed E-state index contributed by atoms with van der Waals surface area (Å²) >= 11 is 0. The zero-order chi connectivity index (χ0) is 19.5. The van der Waals surface area contributed by atoms with E-state index in [4.69, 9.17) is 10.00 Å². The molecule has 1 atom stereocenters. The van der Waals surface area contributed by atoms with Gasteiger partial charge in [0.15, 0.2) is 0 Å². The van der Waals surface area contributed by atoms with Crippen LogP contribution in [0.15, 0.2) is 60.7 Å². The molecular formula is C22H20N4O2. The standard InChI is InChI=1S/C22H20N4O2/c1-16-13-26-20(11-19(24-26)15-28-21-8-3-2-4-9-21)14-25(16)22(27)18-7-5-6-17(10-18)12-23/h2-11,16H,13-15H2,1H3. The summed E-state index contributed by atoms with van der Waals surface area (Å²) in [5, 5.41) is 13.7. The van der Waals surface area contributed by atoms with E-state index in [1.807, 2.05) is 52.9 Å². The Labute approximate surface area is 163 Å². The summed E-state index contributed by atoms with van der Waals surface area (Å²) in [7, 11) is 0. The third-order valence-corrected chi connectivity index (χ3v) is 4.84. The molecule has 1 aromatic heterocycles. The Morgan fingerprint density at radius 2 is 2.04 bits per heavy atom. The average Bonchev–Trinajstić information content (AvgIpc) is 3.13. The Morgan fingerprint density at radius 3 is 2.82 bits per heavy atom. The molecule has 0 aliphatic carbocycles. The zero-order valence-electron chi connectivity index (χ0n) is 15.6. The maximum absolute atomic E-state index is 13.0. The van der Waals surface area contributed by atoms with Gasteiger partial charge in [-0.2, -0.15) is 10.4 Å². The van der Waals surface area contributed by atoms with Crippen molar-refractivity contribution in [2.45, 2.75) is 32.7 Å². The van der Waals surface area contributed by atoms with Crippen molar-refractivity contribution in [3.05, 3.63) is 83.2 Å². The lowest BCUT2D eigenvalue weighted by Gasteiger charge is -2.34. The lowest BCUT2D eigenvalue weighted by atomic mass is 10.1. The lowest BCUT2D eigenvalue weighted by Crippen LogP contribution is -2.44. The maximum Gasteiger partial charge on any atom is 0.254 e. The van der Waals surface area contributed by atoms with Gasteiger partial charge in [0.25, 0.3) is 5.91 Å². The summed E-state index contributed by atoms with van der Waals surface area (Å²) in [6, 6.07) is 20.5. The molecule has 6 nitrogen and oxygen atoms in total. The van der Waals surface area contributed by atoms with Gasteiger partial charge in [0.2, 0.25) is 0 Å². The number of ether oxygens (including phenoxy) is 1. The Morgan fingerprint density at radius 1 is 1.21 bits per heavy atom. The molecule has 28 heavy (non-hydrogen) atoms. The molecule has 0 fully saturated rings. The number of nitriles is 1. The van der Waals surface area contributed by atoms with E-state index in [1.165, 1.54) is 0 Å².